The summed E-state index contributed by atoms with van der Waals surface area (Å²) >= 11 is 0. The highest BCUT2D eigenvalue weighted by atomic mass is 16.5. The molecule has 6 nitrogen and oxygen atoms in total. The Morgan fingerprint density at radius 1 is 0.636 bits per heavy atom. The molecule has 2 aromatic carbocycles. The maximum Gasteiger partial charge on any atom is 0.189 e. The Kier molecular flexibility index (Phi) is 9.73. The summed E-state index contributed by atoms with van der Waals surface area (Å²) in [6.07, 6.45) is 2.92. The zero-order valence-electron chi connectivity index (χ0n) is 19.9. The van der Waals surface area contributed by atoms with E-state index in [1.54, 1.807) is 12.1 Å². The van der Waals surface area contributed by atoms with Crippen LogP contribution in [0.5, 0.6) is 23.0 Å². The number of hydrogen-bond donors (Lipinski definition) is 0. The minimum atomic E-state index is -0.244. The van der Waals surface area contributed by atoms with Gasteiger partial charge in [-0.15, -0.1) is 0 Å². The lowest BCUT2D eigenvalue weighted by atomic mass is 9.97. The Hall–Kier alpha value is -3.54. The Morgan fingerprint density at radius 2 is 0.970 bits per heavy atom. The van der Waals surface area contributed by atoms with Gasteiger partial charge in [0.15, 0.2) is 34.6 Å². The molecule has 0 fully saturated rings. The number of hydrogen-bond acceptors (Lipinski definition) is 6. The van der Waals surface area contributed by atoms with Crippen molar-refractivity contribution in [1.82, 2.24) is 0 Å². The van der Waals surface area contributed by atoms with Gasteiger partial charge in [0, 0.05) is 17.5 Å². The molecule has 0 unspecified atom stereocenters. The van der Waals surface area contributed by atoms with Crippen LogP contribution in [-0.4, -0.2) is 38.0 Å². The first kappa shape index (κ1) is 25.7. The van der Waals surface area contributed by atoms with Crippen LogP contribution in [0.25, 0.3) is 0 Å². The standard InChI is InChI=1S/C27H32O6/c1-7-22(28)20-15-13-18(24(30-9-3)26(20)32-11-5)17-19-14-16-21(23(29)8-2)27(33-12-6)25(19)31-10-4/h7-8,13-16H,1-2,9-12,17H2,3-6H3. The molecule has 0 aliphatic heterocycles. The summed E-state index contributed by atoms with van der Waals surface area (Å²) in [5.41, 5.74) is 2.41. The van der Waals surface area contributed by atoms with Gasteiger partial charge in [-0.05, 0) is 52.0 Å². The van der Waals surface area contributed by atoms with Crippen LogP contribution in [0, 0.1) is 0 Å². The fraction of sp³-hybridized carbons (Fsp3) is 0.333. The highest BCUT2D eigenvalue weighted by Gasteiger charge is 2.23. The van der Waals surface area contributed by atoms with E-state index in [4.69, 9.17) is 18.9 Å². The third kappa shape index (κ3) is 5.83. The van der Waals surface area contributed by atoms with Crippen LogP contribution in [0.15, 0.2) is 49.6 Å². The average molecular weight is 453 g/mol. The minimum absolute atomic E-state index is 0.244. The number of rotatable bonds is 14. The van der Waals surface area contributed by atoms with Crippen molar-refractivity contribution in [3.05, 3.63) is 71.8 Å². The monoisotopic (exact) mass is 452 g/mol. The molecule has 0 heterocycles. The molecule has 0 atom stereocenters. The molecule has 0 saturated carbocycles. The molecule has 33 heavy (non-hydrogen) atoms. The first-order valence-corrected chi connectivity index (χ1v) is 11.1. The molecule has 2 aromatic rings. The summed E-state index contributed by atoms with van der Waals surface area (Å²) in [5, 5.41) is 0. The third-order valence-electron chi connectivity index (χ3n) is 4.82. The SMILES string of the molecule is C=CC(=O)c1ccc(Cc2ccc(C(=O)C=C)c(OCC)c2OCC)c(OCC)c1OCC. The van der Waals surface area contributed by atoms with Gasteiger partial charge >= 0.3 is 0 Å². The lowest BCUT2D eigenvalue weighted by Gasteiger charge is -2.20. The third-order valence-corrected chi connectivity index (χ3v) is 4.82. The van der Waals surface area contributed by atoms with Crippen molar-refractivity contribution in [2.24, 2.45) is 0 Å². The van der Waals surface area contributed by atoms with Gasteiger partial charge in [0.1, 0.15) is 0 Å². The lowest BCUT2D eigenvalue weighted by Crippen LogP contribution is -2.10. The molecule has 0 saturated heterocycles. The lowest BCUT2D eigenvalue weighted by molar-refractivity contribution is 0.103. The number of benzene rings is 2. The van der Waals surface area contributed by atoms with Gasteiger partial charge in [0.2, 0.25) is 0 Å². The Balaban J connectivity index is 2.70. The van der Waals surface area contributed by atoms with Crippen LogP contribution in [0.3, 0.4) is 0 Å². The van der Waals surface area contributed by atoms with Crippen LogP contribution in [-0.2, 0) is 6.42 Å². The fourth-order valence-electron chi connectivity index (χ4n) is 3.48. The van der Waals surface area contributed by atoms with Gasteiger partial charge in [-0.2, -0.15) is 0 Å². The molecule has 0 aliphatic carbocycles. The maximum absolute atomic E-state index is 12.4. The highest BCUT2D eigenvalue weighted by Crippen LogP contribution is 2.41. The van der Waals surface area contributed by atoms with E-state index in [2.05, 4.69) is 13.2 Å². The quantitative estimate of drug-likeness (QED) is 0.274. The number of ether oxygens (including phenoxy) is 4. The molecular weight excluding hydrogens is 420 g/mol. The van der Waals surface area contributed by atoms with Crippen LogP contribution >= 0.6 is 0 Å². The highest BCUT2D eigenvalue weighted by molar-refractivity contribution is 6.07. The van der Waals surface area contributed by atoms with Crippen molar-refractivity contribution in [3.63, 3.8) is 0 Å². The van der Waals surface area contributed by atoms with Gasteiger partial charge in [0.25, 0.3) is 0 Å². The van der Waals surface area contributed by atoms with Gasteiger partial charge in [-0.1, -0.05) is 25.3 Å². The summed E-state index contributed by atoms with van der Waals surface area (Å²) in [6.45, 7) is 16.1. The summed E-state index contributed by atoms with van der Waals surface area (Å²) in [6, 6.07) is 7.10. The topological polar surface area (TPSA) is 71.1 Å². The number of ketones is 2. The second-order valence-electron chi connectivity index (χ2n) is 6.91. The maximum atomic E-state index is 12.4. The van der Waals surface area contributed by atoms with Gasteiger partial charge < -0.3 is 18.9 Å². The van der Waals surface area contributed by atoms with E-state index in [-0.39, 0.29) is 11.6 Å². The summed E-state index contributed by atoms with van der Waals surface area (Å²) in [7, 11) is 0. The number of carbonyl (C=O) groups excluding carboxylic acids is 2. The van der Waals surface area contributed by atoms with Crippen LogP contribution in [0.1, 0.15) is 59.5 Å². The summed E-state index contributed by atoms with van der Waals surface area (Å²) in [4.78, 5) is 24.8. The number of allylic oxidation sites excluding steroid dienone is 2. The average Bonchev–Trinajstić information content (AvgIpc) is 2.82. The minimum Gasteiger partial charge on any atom is -0.490 e. The normalized spacial score (nSPS) is 10.3. The Labute approximate surface area is 195 Å². The number of carbonyl (C=O) groups is 2. The van der Waals surface area contributed by atoms with Crippen molar-refractivity contribution < 1.29 is 28.5 Å². The molecule has 0 bridgehead atoms. The Bertz CT molecular complexity index is 940. The van der Waals surface area contributed by atoms with Crippen LogP contribution in [0.2, 0.25) is 0 Å². The van der Waals surface area contributed by atoms with Crippen LogP contribution < -0.4 is 18.9 Å². The smallest absolute Gasteiger partial charge is 0.189 e. The molecule has 0 aromatic heterocycles. The second-order valence-corrected chi connectivity index (χ2v) is 6.91. The van der Waals surface area contributed by atoms with E-state index >= 15 is 0 Å². The van der Waals surface area contributed by atoms with E-state index in [1.165, 1.54) is 12.2 Å². The van der Waals surface area contributed by atoms with Crippen molar-refractivity contribution in [2.45, 2.75) is 34.1 Å². The predicted molar refractivity (Wildman–Crippen MR) is 129 cm³/mol. The van der Waals surface area contributed by atoms with Gasteiger partial charge in [-0.25, -0.2) is 0 Å². The molecule has 6 heteroatoms. The molecule has 0 amide bonds. The van der Waals surface area contributed by atoms with E-state index < -0.39 is 0 Å². The molecule has 176 valence electrons. The molecule has 0 N–H and O–H groups in total. The van der Waals surface area contributed by atoms with Crippen LogP contribution in [0.4, 0.5) is 0 Å². The molecule has 2 rings (SSSR count). The predicted octanol–water partition coefficient (Wildman–Crippen LogP) is 5.61. The summed E-state index contributed by atoms with van der Waals surface area (Å²) in [5.74, 6) is 1.29. The second kappa shape index (κ2) is 12.5. The zero-order chi connectivity index (χ0) is 24.4. The largest absolute Gasteiger partial charge is 0.490 e. The Morgan fingerprint density at radius 3 is 1.27 bits per heavy atom. The van der Waals surface area contributed by atoms with E-state index in [0.29, 0.717) is 67.0 Å². The first-order chi connectivity index (χ1) is 16.0. The van der Waals surface area contributed by atoms with Gasteiger partial charge in [0.05, 0.1) is 37.6 Å². The molecule has 0 spiro atoms. The van der Waals surface area contributed by atoms with E-state index in [9.17, 15) is 9.59 Å². The summed E-state index contributed by atoms with van der Waals surface area (Å²) < 4.78 is 23.5. The first-order valence-electron chi connectivity index (χ1n) is 11.1. The molecule has 0 radical (unpaired) electrons. The fourth-order valence-corrected chi connectivity index (χ4v) is 3.48. The van der Waals surface area contributed by atoms with E-state index in [1.807, 2.05) is 39.8 Å². The van der Waals surface area contributed by atoms with Crippen molar-refractivity contribution >= 4 is 11.6 Å². The molecule has 0 aliphatic rings. The van der Waals surface area contributed by atoms with Crippen molar-refractivity contribution in [1.29, 1.82) is 0 Å². The zero-order valence-corrected chi connectivity index (χ0v) is 19.9. The molecular formula is C27H32O6. The van der Waals surface area contributed by atoms with Crippen molar-refractivity contribution in [3.8, 4) is 23.0 Å². The van der Waals surface area contributed by atoms with E-state index in [0.717, 1.165) is 11.1 Å². The van der Waals surface area contributed by atoms with Gasteiger partial charge in [-0.3, -0.25) is 9.59 Å². The van der Waals surface area contributed by atoms with Crippen molar-refractivity contribution in [2.75, 3.05) is 26.4 Å².